The highest BCUT2D eigenvalue weighted by Crippen LogP contribution is 2.22. The van der Waals surface area contributed by atoms with Gasteiger partial charge in [-0.05, 0) is 36.8 Å². The summed E-state index contributed by atoms with van der Waals surface area (Å²) in [7, 11) is 0. The maximum absolute atomic E-state index is 12.9. The Morgan fingerprint density at radius 1 is 1.21 bits per heavy atom. The molecule has 4 aromatic rings. The van der Waals surface area contributed by atoms with Crippen LogP contribution in [0.5, 0.6) is 0 Å². The number of nitrogens with one attached hydrogen (secondary N) is 1. The van der Waals surface area contributed by atoms with E-state index >= 15 is 0 Å². The van der Waals surface area contributed by atoms with Crippen molar-refractivity contribution in [2.75, 3.05) is 0 Å². The number of aromatic amines is 1. The van der Waals surface area contributed by atoms with Crippen molar-refractivity contribution in [1.29, 1.82) is 0 Å². The molecule has 0 aliphatic rings. The van der Waals surface area contributed by atoms with Crippen LogP contribution in [-0.4, -0.2) is 20.9 Å². The number of hydrogen-bond acceptors (Lipinski definition) is 3. The van der Waals surface area contributed by atoms with E-state index in [1.165, 1.54) is 24.7 Å². The first-order chi connectivity index (χ1) is 11.6. The average molecular weight is 320 g/mol. The maximum atomic E-state index is 12.9. The van der Waals surface area contributed by atoms with Crippen LogP contribution in [0.15, 0.2) is 58.7 Å². The molecule has 4 rings (SSSR count). The molecule has 0 spiro atoms. The summed E-state index contributed by atoms with van der Waals surface area (Å²) < 4.78 is 14.1. The quantitative estimate of drug-likeness (QED) is 0.576. The second-order valence-electron chi connectivity index (χ2n) is 5.59. The molecule has 2 aromatic heterocycles. The van der Waals surface area contributed by atoms with Crippen LogP contribution in [0.3, 0.4) is 0 Å². The third-order valence-electron chi connectivity index (χ3n) is 3.85. The molecule has 6 heteroatoms. The van der Waals surface area contributed by atoms with Crippen molar-refractivity contribution in [2.45, 2.75) is 6.92 Å². The van der Waals surface area contributed by atoms with Gasteiger partial charge in [0.1, 0.15) is 23.2 Å². The van der Waals surface area contributed by atoms with Crippen molar-refractivity contribution in [3.63, 3.8) is 0 Å². The molecule has 0 radical (unpaired) electrons. The Morgan fingerprint density at radius 2 is 2.00 bits per heavy atom. The molecule has 0 amide bonds. The Bertz CT molecular complexity index is 1140. The zero-order chi connectivity index (χ0) is 16.7. The number of aryl methyl sites for hydroxylation is 1. The Balaban J connectivity index is 1.82. The lowest BCUT2D eigenvalue weighted by Crippen LogP contribution is -2.17. The minimum Gasteiger partial charge on any atom is -0.349 e. The number of rotatable bonds is 2. The zero-order valence-electron chi connectivity index (χ0n) is 12.8. The minimum absolute atomic E-state index is 0.285. The predicted octanol–water partition coefficient (Wildman–Crippen LogP) is 3.21. The summed E-state index contributed by atoms with van der Waals surface area (Å²) >= 11 is 0. The number of nitrogens with zero attached hydrogens (tertiary/aromatic N) is 3. The van der Waals surface area contributed by atoms with Crippen LogP contribution >= 0.6 is 0 Å². The van der Waals surface area contributed by atoms with E-state index in [2.05, 4.69) is 15.1 Å². The Morgan fingerprint density at radius 3 is 2.79 bits per heavy atom. The SMILES string of the molecule is Cc1ccc2[nH]c3c(=O)n(/N=C\c4ccc(F)cc4)cnc3c2c1. The molecule has 0 fully saturated rings. The normalized spacial score (nSPS) is 11.8. The van der Waals surface area contributed by atoms with Gasteiger partial charge in [-0.3, -0.25) is 4.79 Å². The molecular formula is C18H13FN4O. The van der Waals surface area contributed by atoms with E-state index in [4.69, 9.17) is 0 Å². The van der Waals surface area contributed by atoms with Gasteiger partial charge in [0.15, 0.2) is 0 Å². The molecule has 2 heterocycles. The highest BCUT2D eigenvalue weighted by Gasteiger charge is 2.10. The van der Waals surface area contributed by atoms with Gasteiger partial charge >= 0.3 is 0 Å². The molecule has 0 unspecified atom stereocenters. The van der Waals surface area contributed by atoms with Gasteiger partial charge in [-0.25, -0.2) is 9.37 Å². The largest absolute Gasteiger partial charge is 0.349 e. The van der Waals surface area contributed by atoms with Gasteiger partial charge in [-0.15, -0.1) is 0 Å². The molecule has 1 N–H and O–H groups in total. The van der Waals surface area contributed by atoms with Gasteiger partial charge < -0.3 is 4.98 Å². The Labute approximate surface area is 136 Å². The van der Waals surface area contributed by atoms with Crippen LogP contribution < -0.4 is 5.56 Å². The smallest absolute Gasteiger partial charge is 0.298 e. The van der Waals surface area contributed by atoms with E-state index in [-0.39, 0.29) is 11.4 Å². The first-order valence-corrected chi connectivity index (χ1v) is 7.41. The molecule has 0 saturated heterocycles. The van der Waals surface area contributed by atoms with Gasteiger partial charge in [0.2, 0.25) is 0 Å². The van der Waals surface area contributed by atoms with E-state index in [0.717, 1.165) is 21.1 Å². The number of halogens is 1. The molecule has 0 aliphatic heterocycles. The van der Waals surface area contributed by atoms with Crippen LogP contribution in [0.25, 0.3) is 21.9 Å². The molecule has 2 aromatic carbocycles. The zero-order valence-corrected chi connectivity index (χ0v) is 12.8. The standard InChI is InChI=1S/C18H13FN4O/c1-11-2-7-15-14(8-11)16-17(22-15)18(24)23(10-20-16)21-9-12-3-5-13(19)6-4-12/h2-10,22H,1H3/b21-9-. The first-order valence-electron chi connectivity index (χ1n) is 7.41. The van der Waals surface area contributed by atoms with Crippen molar-refractivity contribution in [3.05, 3.63) is 76.1 Å². The van der Waals surface area contributed by atoms with E-state index in [1.807, 2.05) is 25.1 Å². The van der Waals surface area contributed by atoms with E-state index in [9.17, 15) is 9.18 Å². The lowest BCUT2D eigenvalue weighted by molar-refractivity contribution is 0.628. The fraction of sp³-hybridized carbons (Fsp3) is 0.0556. The molecule has 0 bridgehead atoms. The molecule has 118 valence electrons. The Kier molecular flexibility index (Phi) is 3.23. The van der Waals surface area contributed by atoms with Crippen molar-refractivity contribution in [1.82, 2.24) is 14.6 Å². The summed E-state index contributed by atoms with van der Waals surface area (Å²) in [6, 6.07) is 11.7. The highest BCUT2D eigenvalue weighted by molar-refractivity contribution is 6.04. The summed E-state index contributed by atoms with van der Waals surface area (Å²) in [4.78, 5) is 20.0. The third kappa shape index (κ3) is 2.38. The van der Waals surface area contributed by atoms with E-state index < -0.39 is 0 Å². The molecule has 0 aliphatic carbocycles. The predicted molar refractivity (Wildman–Crippen MR) is 92.0 cm³/mol. The third-order valence-corrected chi connectivity index (χ3v) is 3.85. The van der Waals surface area contributed by atoms with Gasteiger partial charge in [-0.1, -0.05) is 23.8 Å². The minimum atomic E-state index is -0.319. The maximum Gasteiger partial charge on any atom is 0.298 e. The van der Waals surface area contributed by atoms with Crippen molar-refractivity contribution < 1.29 is 4.39 Å². The lowest BCUT2D eigenvalue weighted by Gasteiger charge is -1.98. The topological polar surface area (TPSA) is 63.0 Å². The number of H-pyrrole nitrogens is 1. The molecule has 0 atom stereocenters. The van der Waals surface area contributed by atoms with Crippen LogP contribution in [0, 0.1) is 12.7 Å². The summed E-state index contributed by atoms with van der Waals surface area (Å²) in [5.41, 5.74) is 3.41. The number of benzene rings is 2. The molecule has 0 saturated carbocycles. The fourth-order valence-electron chi connectivity index (χ4n) is 2.62. The van der Waals surface area contributed by atoms with Gasteiger partial charge in [0.25, 0.3) is 5.56 Å². The van der Waals surface area contributed by atoms with Gasteiger partial charge in [0, 0.05) is 10.9 Å². The van der Waals surface area contributed by atoms with Gasteiger partial charge in [0.05, 0.1) is 6.21 Å². The van der Waals surface area contributed by atoms with Crippen molar-refractivity contribution in [2.24, 2.45) is 5.10 Å². The highest BCUT2D eigenvalue weighted by atomic mass is 19.1. The van der Waals surface area contributed by atoms with Gasteiger partial charge in [-0.2, -0.15) is 9.78 Å². The molecule has 5 nitrogen and oxygen atoms in total. The average Bonchev–Trinajstić information content (AvgIpc) is 2.95. The summed E-state index contributed by atoms with van der Waals surface area (Å²) in [5.74, 6) is -0.319. The summed E-state index contributed by atoms with van der Waals surface area (Å²) in [6.07, 6.45) is 2.88. The molecular weight excluding hydrogens is 307 g/mol. The lowest BCUT2D eigenvalue weighted by atomic mass is 10.2. The summed E-state index contributed by atoms with van der Waals surface area (Å²) in [6.45, 7) is 1.99. The van der Waals surface area contributed by atoms with Crippen molar-refractivity contribution >= 4 is 28.2 Å². The van der Waals surface area contributed by atoms with Crippen molar-refractivity contribution in [3.8, 4) is 0 Å². The van der Waals surface area contributed by atoms with Crippen LogP contribution in [0.4, 0.5) is 4.39 Å². The monoisotopic (exact) mass is 320 g/mol. The second-order valence-corrected chi connectivity index (χ2v) is 5.59. The number of aromatic nitrogens is 3. The first kappa shape index (κ1) is 14.3. The fourth-order valence-corrected chi connectivity index (χ4v) is 2.62. The number of hydrogen-bond donors (Lipinski definition) is 1. The van der Waals surface area contributed by atoms with Crippen LogP contribution in [-0.2, 0) is 0 Å². The number of fused-ring (bicyclic) bond motifs is 3. The van der Waals surface area contributed by atoms with E-state index in [1.54, 1.807) is 12.1 Å². The van der Waals surface area contributed by atoms with Crippen LogP contribution in [0.2, 0.25) is 0 Å². The molecule has 24 heavy (non-hydrogen) atoms. The second kappa shape index (κ2) is 5.42. The van der Waals surface area contributed by atoms with E-state index in [0.29, 0.717) is 16.6 Å². The van der Waals surface area contributed by atoms with Crippen LogP contribution in [0.1, 0.15) is 11.1 Å². The summed E-state index contributed by atoms with van der Waals surface area (Å²) in [5, 5.41) is 5.03. The Hall–Kier alpha value is -3.28.